The van der Waals surface area contributed by atoms with E-state index in [0.717, 1.165) is 34.7 Å². The van der Waals surface area contributed by atoms with Crippen LogP contribution < -0.4 is 10.6 Å². The molecule has 11 heteroatoms. The summed E-state index contributed by atoms with van der Waals surface area (Å²) in [6.07, 6.45) is 5.47. The van der Waals surface area contributed by atoms with Crippen molar-refractivity contribution >= 4 is 40.4 Å². The van der Waals surface area contributed by atoms with Crippen LogP contribution in [0.2, 0.25) is 5.02 Å². The maximum atomic E-state index is 13.3. The zero-order chi connectivity index (χ0) is 23.5. The minimum atomic E-state index is -0.366. The second-order valence-corrected chi connectivity index (χ2v) is 8.46. The number of aromatic nitrogens is 6. The minimum Gasteiger partial charge on any atom is -0.330 e. The average molecular weight is 487 g/mol. The highest BCUT2D eigenvalue weighted by Gasteiger charge is 2.11. The number of rotatable bonds is 7. The number of thiocarbonyl (C=S) groups is 1. The van der Waals surface area contributed by atoms with Crippen molar-refractivity contribution in [2.75, 3.05) is 10.6 Å². The summed E-state index contributed by atoms with van der Waals surface area (Å²) >= 11 is 11.6. The SMILES string of the molecule is CCn1ncc(Cn2cc(NC(=S)Nc3cc(C)n(Cc4ccc(F)cc4Cl)n3)cn2)c1C. The summed E-state index contributed by atoms with van der Waals surface area (Å²) in [5.74, 6) is 0.229. The Kier molecular flexibility index (Phi) is 6.75. The third-order valence-corrected chi connectivity index (χ3v) is 5.84. The van der Waals surface area contributed by atoms with Crippen molar-refractivity contribution in [2.45, 2.75) is 40.4 Å². The van der Waals surface area contributed by atoms with Crippen molar-refractivity contribution in [3.05, 3.63) is 76.2 Å². The number of halogens is 2. The van der Waals surface area contributed by atoms with Gasteiger partial charge in [0.15, 0.2) is 10.9 Å². The summed E-state index contributed by atoms with van der Waals surface area (Å²) in [6, 6.07) is 6.22. The topological polar surface area (TPSA) is 77.5 Å². The normalized spacial score (nSPS) is 11.1. The molecule has 0 aliphatic carbocycles. The van der Waals surface area contributed by atoms with Crippen LogP contribution in [0.3, 0.4) is 0 Å². The van der Waals surface area contributed by atoms with Gasteiger partial charge in [0.2, 0.25) is 0 Å². The molecule has 0 unspecified atom stereocenters. The van der Waals surface area contributed by atoms with Crippen molar-refractivity contribution in [2.24, 2.45) is 0 Å². The van der Waals surface area contributed by atoms with Crippen molar-refractivity contribution in [3.8, 4) is 0 Å². The Morgan fingerprint density at radius 2 is 1.88 bits per heavy atom. The van der Waals surface area contributed by atoms with E-state index in [1.54, 1.807) is 16.9 Å². The third kappa shape index (κ3) is 5.40. The van der Waals surface area contributed by atoms with E-state index >= 15 is 0 Å². The van der Waals surface area contributed by atoms with Gasteiger partial charge < -0.3 is 10.6 Å². The largest absolute Gasteiger partial charge is 0.330 e. The maximum absolute atomic E-state index is 13.3. The fourth-order valence-corrected chi connectivity index (χ4v) is 3.92. The summed E-state index contributed by atoms with van der Waals surface area (Å²) in [4.78, 5) is 0. The fourth-order valence-electron chi connectivity index (χ4n) is 3.47. The number of hydrogen-bond donors (Lipinski definition) is 2. The second-order valence-electron chi connectivity index (χ2n) is 7.64. The molecule has 0 saturated carbocycles. The lowest BCUT2D eigenvalue weighted by Gasteiger charge is -2.08. The van der Waals surface area contributed by atoms with E-state index in [-0.39, 0.29) is 5.82 Å². The Bertz CT molecular complexity index is 1290. The highest BCUT2D eigenvalue weighted by molar-refractivity contribution is 7.80. The van der Waals surface area contributed by atoms with Crippen LogP contribution in [-0.4, -0.2) is 34.5 Å². The molecule has 0 bridgehead atoms. The Morgan fingerprint density at radius 1 is 1.06 bits per heavy atom. The lowest BCUT2D eigenvalue weighted by atomic mass is 10.2. The molecule has 0 atom stereocenters. The quantitative estimate of drug-likeness (QED) is 0.371. The van der Waals surface area contributed by atoms with E-state index in [1.165, 1.54) is 12.1 Å². The average Bonchev–Trinajstić information content (AvgIpc) is 3.44. The molecule has 0 aliphatic heterocycles. The van der Waals surface area contributed by atoms with Crippen LogP contribution in [0.1, 0.15) is 29.4 Å². The predicted octanol–water partition coefficient (Wildman–Crippen LogP) is 4.61. The second kappa shape index (κ2) is 9.72. The van der Waals surface area contributed by atoms with Gasteiger partial charge in [-0.25, -0.2) is 4.39 Å². The van der Waals surface area contributed by atoms with Crippen LogP contribution in [-0.2, 0) is 19.6 Å². The first-order valence-corrected chi connectivity index (χ1v) is 11.2. The van der Waals surface area contributed by atoms with Gasteiger partial charge in [0.25, 0.3) is 0 Å². The lowest BCUT2D eigenvalue weighted by molar-refractivity contribution is 0.623. The van der Waals surface area contributed by atoms with Crippen LogP contribution in [0.4, 0.5) is 15.9 Å². The van der Waals surface area contributed by atoms with Crippen molar-refractivity contribution < 1.29 is 4.39 Å². The standard InChI is InChI=1S/C22H24ClFN8S/c1-4-31-15(3)17(9-26-31)11-30-13-19(10-25-30)27-22(33)28-21-7-14(2)32(29-21)12-16-5-6-18(24)8-20(16)23/h5-10,13H,4,11-12H2,1-3H3,(H2,27,28,29,33). The summed E-state index contributed by atoms with van der Waals surface area (Å²) in [6.45, 7) is 7.94. The Morgan fingerprint density at radius 3 is 2.61 bits per heavy atom. The smallest absolute Gasteiger partial charge is 0.176 e. The van der Waals surface area contributed by atoms with Gasteiger partial charge in [-0.1, -0.05) is 17.7 Å². The van der Waals surface area contributed by atoms with Gasteiger partial charge in [0, 0.05) is 40.8 Å². The molecule has 8 nitrogen and oxygen atoms in total. The van der Waals surface area contributed by atoms with Gasteiger partial charge in [0.05, 0.1) is 31.2 Å². The van der Waals surface area contributed by atoms with Gasteiger partial charge in [-0.2, -0.15) is 15.3 Å². The Balaban J connectivity index is 1.36. The zero-order valence-electron chi connectivity index (χ0n) is 18.5. The van der Waals surface area contributed by atoms with E-state index in [1.807, 2.05) is 34.7 Å². The van der Waals surface area contributed by atoms with E-state index in [0.29, 0.717) is 29.0 Å². The van der Waals surface area contributed by atoms with Crippen molar-refractivity contribution in [1.82, 2.24) is 29.3 Å². The molecule has 2 N–H and O–H groups in total. The zero-order valence-corrected chi connectivity index (χ0v) is 20.1. The summed E-state index contributed by atoms with van der Waals surface area (Å²) in [5, 5.41) is 20.3. The van der Waals surface area contributed by atoms with Crippen LogP contribution in [0.15, 0.2) is 42.9 Å². The van der Waals surface area contributed by atoms with Gasteiger partial charge in [0.1, 0.15) is 5.82 Å². The lowest BCUT2D eigenvalue weighted by Crippen LogP contribution is -2.19. The van der Waals surface area contributed by atoms with E-state index < -0.39 is 0 Å². The highest BCUT2D eigenvalue weighted by atomic mass is 35.5. The summed E-state index contributed by atoms with van der Waals surface area (Å²) in [5.41, 5.74) is 4.71. The molecule has 0 aliphatic rings. The number of nitrogens with zero attached hydrogens (tertiary/aromatic N) is 6. The molecule has 0 fully saturated rings. The first-order chi connectivity index (χ1) is 15.8. The van der Waals surface area contributed by atoms with Crippen LogP contribution >= 0.6 is 23.8 Å². The van der Waals surface area contributed by atoms with Crippen LogP contribution in [0.25, 0.3) is 0 Å². The minimum absolute atomic E-state index is 0.366. The molecule has 3 aromatic heterocycles. The van der Waals surface area contributed by atoms with Crippen LogP contribution in [0.5, 0.6) is 0 Å². The fraction of sp³-hybridized carbons (Fsp3) is 0.273. The number of hydrogen-bond acceptors (Lipinski definition) is 4. The molecular weight excluding hydrogens is 463 g/mol. The molecule has 0 amide bonds. The number of benzene rings is 1. The summed E-state index contributed by atoms with van der Waals surface area (Å²) in [7, 11) is 0. The monoisotopic (exact) mass is 486 g/mol. The molecule has 0 spiro atoms. The van der Waals surface area contributed by atoms with Gasteiger partial charge in [-0.3, -0.25) is 14.0 Å². The number of anilines is 2. The van der Waals surface area contributed by atoms with E-state index in [9.17, 15) is 4.39 Å². The van der Waals surface area contributed by atoms with E-state index in [4.69, 9.17) is 23.8 Å². The van der Waals surface area contributed by atoms with Gasteiger partial charge in [-0.05, 0) is 50.7 Å². The number of aryl methyl sites for hydroxylation is 2. The maximum Gasteiger partial charge on any atom is 0.176 e. The molecule has 172 valence electrons. The van der Waals surface area contributed by atoms with Gasteiger partial charge in [-0.15, -0.1) is 0 Å². The first kappa shape index (κ1) is 22.9. The van der Waals surface area contributed by atoms with Crippen molar-refractivity contribution in [1.29, 1.82) is 0 Å². The Hall–Kier alpha value is -3.24. The molecule has 1 aromatic carbocycles. The molecule has 33 heavy (non-hydrogen) atoms. The molecule has 0 radical (unpaired) electrons. The number of nitrogens with one attached hydrogen (secondary N) is 2. The molecule has 0 saturated heterocycles. The Labute approximate surface area is 201 Å². The van der Waals surface area contributed by atoms with Crippen molar-refractivity contribution in [3.63, 3.8) is 0 Å². The van der Waals surface area contributed by atoms with Crippen LogP contribution in [0, 0.1) is 19.7 Å². The van der Waals surface area contributed by atoms with E-state index in [2.05, 4.69) is 39.8 Å². The predicted molar refractivity (Wildman–Crippen MR) is 131 cm³/mol. The first-order valence-electron chi connectivity index (χ1n) is 10.4. The third-order valence-electron chi connectivity index (χ3n) is 5.29. The molecule has 3 heterocycles. The highest BCUT2D eigenvalue weighted by Crippen LogP contribution is 2.20. The molecular formula is C22H24ClFN8S. The molecule has 4 aromatic rings. The molecule has 4 rings (SSSR count). The summed E-state index contributed by atoms with van der Waals surface area (Å²) < 4.78 is 18.9. The van der Waals surface area contributed by atoms with Gasteiger partial charge >= 0.3 is 0 Å².